The number of amides is 1. The SMILES string of the molecule is Cc1ccccc1-n1c(C)cc(C(=O)NCC2(O)CCOCC2)c1C. The number of carbonyl (C=O) groups is 1. The number of nitrogens with zero attached hydrogens (tertiary/aromatic N) is 1. The number of rotatable bonds is 4. The van der Waals surface area contributed by atoms with Crippen LogP contribution in [0.2, 0.25) is 0 Å². The monoisotopic (exact) mass is 342 g/mol. The molecule has 0 atom stereocenters. The van der Waals surface area contributed by atoms with Crippen LogP contribution in [0.25, 0.3) is 5.69 Å². The van der Waals surface area contributed by atoms with Gasteiger partial charge in [-0.15, -0.1) is 0 Å². The third-order valence-electron chi connectivity index (χ3n) is 5.03. The summed E-state index contributed by atoms with van der Waals surface area (Å²) in [5, 5.41) is 13.4. The van der Waals surface area contributed by atoms with E-state index in [1.165, 1.54) is 0 Å². The van der Waals surface area contributed by atoms with Gasteiger partial charge in [0.25, 0.3) is 5.91 Å². The molecule has 0 aliphatic carbocycles. The second-order valence-electron chi connectivity index (χ2n) is 6.93. The van der Waals surface area contributed by atoms with E-state index < -0.39 is 5.60 Å². The zero-order chi connectivity index (χ0) is 18.0. The maximum absolute atomic E-state index is 12.7. The third-order valence-corrected chi connectivity index (χ3v) is 5.03. The summed E-state index contributed by atoms with van der Waals surface area (Å²) in [5.74, 6) is -0.146. The van der Waals surface area contributed by atoms with Gasteiger partial charge in [-0.1, -0.05) is 18.2 Å². The van der Waals surface area contributed by atoms with Crippen molar-refractivity contribution in [2.24, 2.45) is 0 Å². The average molecular weight is 342 g/mol. The van der Waals surface area contributed by atoms with Crippen LogP contribution in [0.1, 0.15) is 40.2 Å². The van der Waals surface area contributed by atoms with E-state index in [0.717, 1.165) is 22.6 Å². The second kappa shape index (κ2) is 7.02. The van der Waals surface area contributed by atoms with Crippen molar-refractivity contribution in [1.82, 2.24) is 9.88 Å². The Labute approximate surface area is 148 Å². The zero-order valence-electron chi connectivity index (χ0n) is 15.1. The molecule has 1 aromatic carbocycles. The van der Waals surface area contributed by atoms with Gasteiger partial charge in [0.1, 0.15) is 0 Å². The number of aromatic nitrogens is 1. The predicted octanol–water partition coefficient (Wildman–Crippen LogP) is 2.67. The number of aryl methyl sites for hydroxylation is 2. The van der Waals surface area contributed by atoms with Crippen molar-refractivity contribution in [2.75, 3.05) is 19.8 Å². The Hall–Kier alpha value is -2.11. The lowest BCUT2D eigenvalue weighted by Crippen LogP contribution is -2.46. The first kappa shape index (κ1) is 17.7. The van der Waals surface area contributed by atoms with E-state index in [1.807, 2.05) is 32.0 Å². The van der Waals surface area contributed by atoms with Crippen molar-refractivity contribution < 1.29 is 14.6 Å². The largest absolute Gasteiger partial charge is 0.388 e. The van der Waals surface area contributed by atoms with Crippen LogP contribution in [0.4, 0.5) is 0 Å². The Morgan fingerprint density at radius 3 is 2.60 bits per heavy atom. The lowest BCUT2D eigenvalue weighted by Gasteiger charge is -2.32. The molecule has 1 fully saturated rings. The molecule has 5 nitrogen and oxygen atoms in total. The summed E-state index contributed by atoms with van der Waals surface area (Å²) in [6, 6.07) is 10.0. The van der Waals surface area contributed by atoms with Crippen molar-refractivity contribution in [3.05, 3.63) is 52.8 Å². The van der Waals surface area contributed by atoms with E-state index in [0.29, 0.717) is 31.6 Å². The van der Waals surface area contributed by atoms with Gasteiger partial charge in [-0.2, -0.15) is 0 Å². The number of benzene rings is 1. The van der Waals surface area contributed by atoms with Crippen LogP contribution in [-0.4, -0.2) is 40.9 Å². The van der Waals surface area contributed by atoms with Crippen molar-refractivity contribution in [3.63, 3.8) is 0 Å². The summed E-state index contributed by atoms with van der Waals surface area (Å²) in [7, 11) is 0. The third kappa shape index (κ3) is 3.62. The summed E-state index contributed by atoms with van der Waals surface area (Å²) in [6.45, 7) is 7.35. The van der Waals surface area contributed by atoms with Crippen molar-refractivity contribution >= 4 is 5.91 Å². The first-order valence-corrected chi connectivity index (χ1v) is 8.74. The fourth-order valence-electron chi connectivity index (χ4n) is 3.45. The summed E-state index contributed by atoms with van der Waals surface area (Å²) in [4.78, 5) is 12.7. The minimum absolute atomic E-state index is 0.146. The Morgan fingerprint density at radius 1 is 1.24 bits per heavy atom. The molecule has 1 aromatic heterocycles. The number of hydrogen-bond donors (Lipinski definition) is 2. The van der Waals surface area contributed by atoms with Gasteiger partial charge >= 0.3 is 0 Å². The Kier molecular flexibility index (Phi) is 4.97. The second-order valence-corrected chi connectivity index (χ2v) is 6.93. The highest BCUT2D eigenvalue weighted by molar-refractivity contribution is 5.96. The fraction of sp³-hybridized carbons (Fsp3) is 0.450. The summed E-state index contributed by atoms with van der Waals surface area (Å²) < 4.78 is 7.38. The first-order chi connectivity index (χ1) is 11.9. The average Bonchev–Trinajstić information content (AvgIpc) is 2.89. The van der Waals surface area contributed by atoms with E-state index in [9.17, 15) is 9.90 Å². The molecule has 5 heteroatoms. The smallest absolute Gasteiger partial charge is 0.253 e. The topological polar surface area (TPSA) is 63.5 Å². The number of nitrogens with one attached hydrogen (secondary N) is 1. The molecule has 25 heavy (non-hydrogen) atoms. The van der Waals surface area contributed by atoms with Gasteiger partial charge in [0.15, 0.2) is 0 Å². The zero-order valence-corrected chi connectivity index (χ0v) is 15.1. The molecular weight excluding hydrogens is 316 g/mol. The molecule has 0 unspecified atom stereocenters. The molecule has 0 radical (unpaired) electrons. The number of aliphatic hydroxyl groups is 1. The normalized spacial score (nSPS) is 16.6. The Balaban J connectivity index is 1.80. The molecule has 134 valence electrons. The number of para-hydroxylation sites is 1. The molecule has 3 rings (SSSR count). The fourth-order valence-corrected chi connectivity index (χ4v) is 3.45. The van der Waals surface area contributed by atoms with Crippen LogP contribution in [0.15, 0.2) is 30.3 Å². The molecule has 0 spiro atoms. The number of carbonyl (C=O) groups excluding carboxylic acids is 1. The predicted molar refractivity (Wildman–Crippen MR) is 97.3 cm³/mol. The number of ether oxygens (including phenoxy) is 1. The van der Waals surface area contributed by atoms with E-state index >= 15 is 0 Å². The highest BCUT2D eigenvalue weighted by Crippen LogP contribution is 2.24. The van der Waals surface area contributed by atoms with E-state index in [1.54, 1.807) is 0 Å². The minimum Gasteiger partial charge on any atom is -0.388 e. The quantitative estimate of drug-likeness (QED) is 0.898. The van der Waals surface area contributed by atoms with Crippen molar-refractivity contribution in [2.45, 2.75) is 39.2 Å². The molecule has 0 saturated carbocycles. The molecule has 0 bridgehead atoms. The Bertz CT molecular complexity index is 773. The van der Waals surface area contributed by atoms with E-state index in [2.05, 4.69) is 28.9 Å². The van der Waals surface area contributed by atoms with Crippen LogP contribution in [0.3, 0.4) is 0 Å². The highest BCUT2D eigenvalue weighted by Gasteiger charge is 2.30. The lowest BCUT2D eigenvalue weighted by molar-refractivity contribution is -0.0605. The van der Waals surface area contributed by atoms with Crippen LogP contribution < -0.4 is 5.32 Å². The number of hydrogen-bond acceptors (Lipinski definition) is 3. The van der Waals surface area contributed by atoms with E-state index in [-0.39, 0.29) is 12.5 Å². The van der Waals surface area contributed by atoms with Gasteiger partial charge in [-0.25, -0.2) is 0 Å². The minimum atomic E-state index is -0.866. The molecule has 1 amide bonds. The summed E-state index contributed by atoms with van der Waals surface area (Å²) >= 11 is 0. The van der Waals surface area contributed by atoms with Crippen molar-refractivity contribution in [1.29, 1.82) is 0 Å². The van der Waals surface area contributed by atoms with Gasteiger partial charge in [-0.05, 0) is 38.5 Å². The summed E-state index contributed by atoms with van der Waals surface area (Å²) in [5.41, 5.74) is 3.95. The lowest BCUT2D eigenvalue weighted by atomic mass is 9.94. The van der Waals surface area contributed by atoms with Gasteiger partial charge in [0.05, 0.1) is 11.2 Å². The molecule has 2 heterocycles. The van der Waals surface area contributed by atoms with Gasteiger partial charge in [0, 0.05) is 49.7 Å². The molecule has 1 saturated heterocycles. The maximum Gasteiger partial charge on any atom is 0.253 e. The van der Waals surface area contributed by atoms with E-state index in [4.69, 9.17) is 4.74 Å². The molecule has 1 aliphatic rings. The van der Waals surface area contributed by atoms with Gasteiger partial charge in [-0.3, -0.25) is 4.79 Å². The molecule has 2 aromatic rings. The maximum atomic E-state index is 12.7. The highest BCUT2D eigenvalue weighted by atomic mass is 16.5. The standard InChI is InChI=1S/C20H26N2O3/c1-14-6-4-5-7-18(14)22-15(2)12-17(16(22)3)19(23)21-13-20(24)8-10-25-11-9-20/h4-7,12,24H,8-11,13H2,1-3H3,(H,21,23). The van der Waals surface area contributed by atoms with Crippen LogP contribution in [0.5, 0.6) is 0 Å². The van der Waals surface area contributed by atoms with Crippen LogP contribution in [0, 0.1) is 20.8 Å². The van der Waals surface area contributed by atoms with Gasteiger partial charge in [0.2, 0.25) is 0 Å². The first-order valence-electron chi connectivity index (χ1n) is 8.74. The summed E-state index contributed by atoms with van der Waals surface area (Å²) in [6.07, 6.45) is 1.10. The molecule has 1 aliphatic heterocycles. The van der Waals surface area contributed by atoms with Crippen LogP contribution >= 0.6 is 0 Å². The van der Waals surface area contributed by atoms with Gasteiger partial charge < -0.3 is 19.7 Å². The molecular formula is C20H26N2O3. The van der Waals surface area contributed by atoms with Crippen LogP contribution in [-0.2, 0) is 4.74 Å². The molecule has 2 N–H and O–H groups in total. The Morgan fingerprint density at radius 2 is 1.92 bits per heavy atom. The van der Waals surface area contributed by atoms with Crippen molar-refractivity contribution in [3.8, 4) is 5.69 Å².